The van der Waals surface area contributed by atoms with Crippen LogP contribution >= 0.6 is 0 Å². The van der Waals surface area contributed by atoms with Crippen LogP contribution in [0.3, 0.4) is 0 Å². The van der Waals surface area contributed by atoms with E-state index in [1.54, 1.807) is 0 Å². The molecule has 1 nitrogen and oxygen atoms in total. The van der Waals surface area contributed by atoms with Crippen LogP contribution in [0, 0.1) is 0 Å². The van der Waals surface area contributed by atoms with Gasteiger partial charge in [-0.05, 0) is 33.6 Å². The van der Waals surface area contributed by atoms with Crippen molar-refractivity contribution in [2.45, 2.75) is 103 Å². The molecule has 0 aromatic heterocycles. The van der Waals surface area contributed by atoms with E-state index in [4.69, 9.17) is 5.32 Å². The van der Waals surface area contributed by atoms with E-state index in [0.717, 1.165) is 6.42 Å². The van der Waals surface area contributed by atoms with Crippen molar-refractivity contribution in [3.63, 3.8) is 0 Å². The molecule has 0 amide bonds. The smallest absolute Gasteiger partial charge is 1.00 e. The Bertz CT molecular complexity index is 498. The Morgan fingerprint density at radius 2 is 1.42 bits per heavy atom. The molecule has 1 fully saturated rings. The molecule has 26 heavy (non-hydrogen) atoms. The second-order valence-corrected chi connectivity index (χ2v) is 7.90. The fourth-order valence-electron chi connectivity index (χ4n) is 4.05. The Hall–Kier alpha value is 0.474. The molecule has 2 aliphatic carbocycles. The van der Waals surface area contributed by atoms with E-state index in [1.807, 2.05) is 0 Å². The molecule has 2 atom stereocenters. The van der Waals surface area contributed by atoms with Crippen LogP contribution in [0.2, 0.25) is 0 Å². The molecule has 2 unspecified atom stereocenters. The van der Waals surface area contributed by atoms with Gasteiger partial charge < -0.3 is 30.1 Å². The van der Waals surface area contributed by atoms with Crippen LogP contribution in [0.5, 0.6) is 0 Å². The molecule has 2 rings (SSSR count). The van der Waals surface area contributed by atoms with Crippen LogP contribution in [-0.4, -0.2) is 11.6 Å². The van der Waals surface area contributed by atoms with E-state index in [1.165, 1.54) is 80.1 Å². The standard InChI is InChI=1S/C22H36N.2ClH.Ti/c1-17-14-12-10-8-6-7-9-11-13-15-21(17)23-22(5)16-18(2)19(3)20(22)4;;;/h16,21H,1,6-15H2,2-5H3;2*1H;/q-1;;;+3/p-2. The van der Waals surface area contributed by atoms with E-state index in [2.05, 4.69) is 40.3 Å². The van der Waals surface area contributed by atoms with E-state index in [9.17, 15) is 0 Å². The summed E-state index contributed by atoms with van der Waals surface area (Å²) in [4.78, 5) is 0. The van der Waals surface area contributed by atoms with Crippen LogP contribution < -0.4 is 24.8 Å². The Labute approximate surface area is 189 Å². The van der Waals surface area contributed by atoms with Crippen LogP contribution in [0.4, 0.5) is 0 Å². The monoisotopic (exact) mass is 432 g/mol. The summed E-state index contributed by atoms with van der Waals surface area (Å²) in [6.07, 6.45) is 15.7. The molecule has 0 aromatic carbocycles. The van der Waals surface area contributed by atoms with E-state index >= 15 is 0 Å². The summed E-state index contributed by atoms with van der Waals surface area (Å²) in [6.45, 7) is 13.4. The van der Waals surface area contributed by atoms with Crippen LogP contribution in [0.1, 0.15) is 91.9 Å². The fourth-order valence-corrected chi connectivity index (χ4v) is 4.05. The fraction of sp³-hybridized carbons (Fsp3) is 0.727. The van der Waals surface area contributed by atoms with Crippen LogP contribution in [-0.2, 0) is 21.7 Å². The first kappa shape index (κ1) is 28.7. The first-order valence-electron chi connectivity index (χ1n) is 9.71. The number of rotatable bonds is 2. The zero-order valence-corrected chi connectivity index (χ0v) is 20.2. The van der Waals surface area contributed by atoms with Crippen molar-refractivity contribution in [3.05, 3.63) is 40.3 Å². The molecule has 0 saturated heterocycles. The average molecular weight is 433 g/mol. The molecule has 4 heteroatoms. The second-order valence-electron chi connectivity index (χ2n) is 7.90. The molecule has 147 valence electrons. The van der Waals surface area contributed by atoms with Gasteiger partial charge in [0.15, 0.2) is 0 Å². The van der Waals surface area contributed by atoms with Gasteiger partial charge in [-0.15, -0.1) is 12.6 Å². The predicted octanol–water partition coefficient (Wildman–Crippen LogP) is 1.26. The van der Waals surface area contributed by atoms with Gasteiger partial charge in [0.25, 0.3) is 0 Å². The quantitative estimate of drug-likeness (QED) is 0.460. The Balaban J connectivity index is 0. The number of hydrogen-bond acceptors (Lipinski definition) is 0. The van der Waals surface area contributed by atoms with Gasteiger partial charge in [0.1, 0.15) is 0 Å². The maximum absolute atomic E-state index is 5.32. The normalized spacial score (nSPS) is 27.9. The number of hydrogen-bond donors (Lipinski definition) is 0. The molecule has 2 aliphatic rings. The van der Waals surface area contributed by atoms with Crippen molar-refractivity contribution in [1.29, 1.82) is 0 Å². The van der Waals surface area contributed by atoms with Gasteiger partial charge in [-0.2, -0.15) is 0 Å². The maximum atomic E-state index is 5.32. The number of allylic oxidation sites excluding steroid dienone is 2. The topological polar surface area (TPSA) is 14.1 Å². The zero-order valence-electron chi connectivity index (χ0n) is 17.1. The Kier molecular flexibility index (Phi) is 15.0. The first-order chi connectivity index (χ1) is 10.9. The SMILES string of the molecule is C=C1CCCCCCCCCCC1[N-]C1(C)C=C(C)C(C)=C1C.[Cl-].[Cl-].[Ti+3]. The summed E-state index contributed by atoms with van der Waals surface area (Å²) in [5.74, 6) is 0. The minimum Gasteiger partial charge on any atom is -1.00 e. The van der Waals surface area contributed by atoms with Crippen molar-refractivity contribution < 1.29 is 46.5 Å². The van der Waals surface area contributed by atoms with Gasteiger partial charge in [-0.1, -0.05) is 92.2 Å². The van der Waals surface area contributed by atoms with Gasteiger partial charge in [0.2, 0.25) is 0 Å². The van der Waals surface area contributed by atoms with Gasteiger partial charge in [0, 0.05) is 0 Å². The van der Waals surface area contributed by atoms with E-state index in [-0.39, 0.29) is 52.1 Å². The summed E-state index contributed by atoms with van der Waals surface area (Å²) in [7, 11) is 0. The van der Waals surface area contributed by atoms with Crippen LogP contribution in [0.25, 0.3) is 5.32 Å². The minimum atomic E-state index is -0.112. The van der Waals surface area contributed by atoms with Gasteiger partial charge in [-0.3, -0.25) is 0 Å². The van der Waals surface area contributed by atoms with E-state index in [0.29, 0.717) is 6.04 Å². The zero-order chi connectivity index (χ0) is 16.9. The van der Waals surface area contributed by atoms with Crippen molar-refractivity contribution in [1.82, 2.24) is 0 Å². The maximum Gasteiger partial charge on any atom is 3.00 e. The summed E-state index contributed by atoms with van der Waals surface area (Å²) >= 11 is 0. The van der Waals surface area contributed by atoms with Gasteiger partial charge >= 0.3 is 21.7 Å². The molecule has 0 bridgehead atoms. The third kappa shape index (κ3) is 7.84. The van der Waals surface area contributed by atoms with E-state index < -0.39 is 0 Å². The minimum absolute atomic E-state index is 0. The number of nitrogens with zero attached hydrogens (tertiary/aromatic N) is 1. The molecule has 1 radical (unpaired) electrons. The third-order valence-electron chi connectivity index (χ3n) is 6.03. The summed E-state index contributed by atoms with van der Waals surface area (Å²) < 4.78 is 0. The van der Waals surface area contributed by atoms with Crippen molar-refractivity contribution >= 4 is 0 Å². The third-order valence-corrected chi connectivity index (χ3v) is 6.03. The second kappa shape index (κ2) is 13.6. The largest absolute Gasteiger partial charge is 3.00 e. The molecule has 0 N–H and O–H groups in total. The van der Waals surface area contributed by atoms with Crippen molar-refractivity contribution in [2.24, 2.45) is 0 Å². The summed E-state index contributed by atoms with van der Waals surface area (Å²) in [6, 6.07) is 0.337. The molecule has 0 aliphatic heterocycles. The van der Waals surface area contributed by atoms with Gasteiger partial charge in [0.05, 0.1) is 0 Å². The van der Waals surface area contributed by atoms with Crippen molar-refractivity contribution in [3.8, 4) is 0 Å². The molecule has 0 heterocycles. The molecular weight excluding hydrogens is 397 g/mol. The molecule has 1 saturated carbocycles. The average Bonchev–Trinajstić information content (AvgIpc) is 2.70. The van der Waals surface area contributed by atoms with Crippen molar-refractivity contribution in [2.75, 3.05) is 0 Å². The summed E-state index contributed by atoms with van der Waals surface area (Å²) in [5, 5.41) is 5.32. The van der Waals surface area contributed by atoms with Crippen LogP contribution in [0.15, 0.2) is 34.9 Å². The predicted molar refractivity (Wildman–Crippen MR) is 103 cm³/mol. The Morgan fingerprint density at radius 1 is 0.923 bits per heavy atom. The van der Waals surface area contributed by atoms with Gasteiger partial charge in [-0.25, -0.2) is 0 Å². The molecule has 0 aromatic rings. The molecule has 0 spiro atoms. The first-order valence-corrected chi connectivity index (χ1v) is 9.71. The summed E-state index contributed by atoms with van der Waals surface area (Å²) in [5.41, 5.74) is 5.51. The number of halogens is 2. The molecular formula is C22H36Cl2NTi. The Morgan fingerprint density at radius 3 is 1.92 bits per heavy atom.